The summed E-state index contributed by atoms with van der Waals surface area (Å²) in [5, 5.41) is 14.1. The van der Waals surface area contributed by atoms with Gasteiger partial charge in [-0.15, -0.1) is 0 Å². The highest BCUT2D eigenvalue weighted by atomic mass is 16.3. The zero-order valence-electron chi connectivity index (χ0n) is 25.2. The molecule has 3 nitrogen and oxygen atoms in total. The third-order valence-corrected chi connectivity index (χ3v) is 10.6. The molecule has 1 aliphatic heterocycles. The van der Waals surface area contributed by atoms with Crippen LogP contribution >= 0.6 is 0 Å². The number of para-hydroxylation sites is 3. The van der Waals surface area contributed by atoms with E-state index in [4.69, 9.17) is 4.42 Å². The molecule has 0 saturated heterocycles. The molecule has 11 rings (SSSR count). The Kier molecular flexibility index (Phi) is 4.59. The van der Waals surface area contributed by atoms with Crippen LogP contribution in [0.2, 0.25) is 0 Å². The highest BCUT2D eigenvalue weighted by Gasteiger charge is 2.51. The van der Waals surface area contributed by atoms with Crippen molar-refractivity contribution in [2.75, 3.05) is 0 Å². The van der Waals surface area contributed by atoms with Gasteiger partial charge in [-0.2, -0.15) is 5.26 Å². The van der Waals surface area contributed by atoms with Crippen LogP contribution in [0.5, 0.6) is 0 Å². The molecule has 0 amide bonds. The minimum Gasteiger partial charge on any atom is -0.455 e. The van der Waals surface area contributed by atoms with Crippen LogP contribution in [-0.4, -0.2) is 4.57 Å². The Balaban J connectivity index is 1.32. The van der Waals surface area contributed by atoms with E-state index < -0.39 is 5.41 Å². The average Bonchev–Trinajstić information content (AvgIpc) is 3.78. The summed E-state index contributed by atoms with van der Waals surface area (Å²) >= 11 is 0. The van der Waals surface area contributed by atoms with Crippen molar-refractivity contribution in [3.05, 3.63) is 173 Å². The SMILES string of the molecule is N#Cc1ccc(-c2ccc3c(c2)C2(c4ccccc4-3)c3ccccc3-n3c4ccc5c6ccccc6oc5c4c4cccc2c43)cc1. The number of fused-ring (bicyclic) bond motifs is 16. The quantitative estimate of drug-likeness (QED) is 0.189. The van der Waals surface area contributed by atoms with E-state index in [0.29, 0.717) is 5.56 Å². The van der Waals surface area contributed by atoms with Gasteiger partial charge in [0.2, 0.25) is 0 Å². The number of rotatable bonds is 1. The predicted octanol–water partition coefficient (Wildman–Crippen LogP) is 10.9. The predicted molar refractivity (Wildman–Crippen MR) is 189 cm³/mol. The van der Waals surface area contributed by atoms with E-state index in [1.807, 2.05) is 18.2 Å². The minimum absolute atomic E-state index is 0.526. The molecule has 7 aromatic carbocycles. The molecule has 0 saturated carbocycles. The fourth-order valence-corrected chi connectivity index (χ4v) is 8.79. The molecule has 3 heteroatoms. The van der Waals surface area contributed by atoms with Crippen LogP contribution in [0, 0.1) is 11.3 Å². The lowest BCUT2D eigenvalue weighted by molar-refractivity contribution is 0.673. The van der Waals surface area contributed by atoms with Crippen molar-refractivity contribution in [1.82, 2.24) is 4.57 Å². The Morgan fingerprint density at radius 2 is 1.28 bits per heavy atom. The first-order valence-corrected chi connectivity index (χ1v) is 16.0. The maximum atomic E-state index is 9.43. The molecule has 0 N–H and O–H groups in total. The normalized spacial score (nSPS) is 15.7. The van der Waals surface area contributed by atoms with E-state index in [1.165, 1.54) is 50.0 Å². The summed E-state index contributed by atoms with van der Waals surface area (Å²) in [5.41, 5.74) is 15.4. The fourth-order valence-electron chi connectivity index (χ4n) is 8.79. The van der Waals surface area contributed by atoms with Crippen LogP contribution in [0.25, 0.3) is 71.7 Å². The van der Waals surface area contributed by atoms with E-state index in [1.54, 1.807) is 0 Å². The second-order valence-electron chi connectivity index (χ2n) is 12.7. The third kappa shape index (κ3) is 2.92. The number of hydrogen-bond donors (Lipinski definition) is 0. The van der Waals surface area contributed by atoms with Crippen LogP contribution < -0.4 is 0 Å². The Labute approximate surface area is 270 Å². The molecule has 3 heterocycles. The molecule has 1 spiro atoms. The van der Waals surface area contributed by atoms with Crippen LogP contribution in [0.4, 0.5) is 0 Å². The van der Waals surface area contributed by atoms with Gasteiger partial charge in [0.15, 0.2) is 0 Å². The first-order valence-electron chi connectivity index (χ1n) is 16.0. The Morgan fingerprint density at radius 3 is 2.17 bits per heavy atom. The average molecular weight is 597 g/mol. The number of aromatic nitrogens is 1. The molecule has 9 aromatic rings. The third-order valence-electron chi connectivity index (χ3n) is 10.6. The van der Waals surface area contributed by atoms with Crippen LogP contribution in [0.15, 0.2) is 150 Å². The number of benzene rings is 7. The fraction of sp³-hybridized carbons (Fsp3) is 0.0227. The van der Waals surface area contributed by atoms with Crippen molar-refractivity contribution in [3.63, 3.8) is 0 Å². The van der Waals surface area contributed by atoms with Gasteiger partial charge in [-0.1, -0.05) is 103 Å². The maximum Gasteiger partial charge on any atom is 0.145 e. The van der Waals surface area contributed by atoms with Crippen molar-refractivity contribution in [2.24, 2.45) is 0 Å². The number of nitriles is 1. The summed E-state index contributed by atoms with van der Waals surface area (Å²) in [4.78, 5) is 0. The molecule has 0 bridgehead atoms. The lowest BCUT2D eigenvalue weighted by Crippen LogP contribution is -2.33. The number of furan rings is 1. The van der Waals surface area contributed by atoms with Crippen LogP contribution in [0.3, 0.4) is 0 Å². The molecule has 0 fully saturated rings. The minimum atomic E-state index is -0.526. The standard InChI is InChI=1S/C44H24N2O/c45-25-26-16-18-27(19-17-26)28-20-21-30-29-8-1-3-11-34(29)44(37(30)24-28)35-12-4-5-14-38(35)46-39-23-22-32-31-9-2-6-15-40(31)47-43(32)41(39)33-10-7-13-36(44)42(33)46/h1-24H. The van der Waals surface area contributed by atoms with Crippen molar-refractivity contribution in [3.8, 4) is 34.0 Å². The smallest absolute Gasteiger partial charge is 0.145 e. The lowest BCUT2D eigenvalue weighted by Gasteiger charge is -2.39. The first kappa shape index (κ1) is 24.9. The molecule has 0 radical (unpaired) electrons. The van der Waals surface area contributed by atoms with E-state index in [-0.39, 0.29) is 0 Å². The first-order chi connectivity index (χ1) is 23.3. The van der Waals surface area contributed by atoms with E-state index in [2.05, 4.69) is 138 Å². The second kappa shape index (κ2) is 8.66. The molecule has 47 heavy (non-hydrogen) atoms. The summed E-state index contributed by atoms with van der Waals surface area (Å²) in [6, 6.07) is 54.6. The van der Waals surface area contributed by atoms with E-state index >= 15 is 0 Å². The second-order valence-corrected chi connectivity index (χ2v) is 12.7. The van der Waals surface area contributed by atoms with Gasteiger partial charge in [-0.05, 0) is 87.0 Å². The summed E-state index contributed by atoms with van der Waals surface area (Å²) in [5.74, 6) is 0. The topological polar surface area (TPSA) is 41.9 Å². The Hall–Kier alpha value is -6.37. The van der Waals surface area contributed by atoms with Crippen molar-refractivity contribution >= 4 is 43.7 Å². The Morgan fingerprint density at radius 1 is 0.553 bits per heavy atom. The zero-order chi connectivity index (χ0) is 30.9. The summed E-state index contributed by atoms with van der Waals surface area (Å²) in [6.07, 6.45) is 0. The van der Waals surface area contributed by atoms with Gasteiger partial charge in [-0.25, -0.2) is 0 Å². The molecule has 2 aromatic heterocycles. The summed E-state index contributed by atoms with van der Waals surface area (Å²) in [6.45, 7) is 0. The van der Waals surface area contributed by atoms with Gasteiger partial charge >= 0.3 is 0 Å². The molecule has 216 valence electrons. The lowest BCUT2D eigenvalue weighted by atomic mass is 9.65. The highest BCUT2D eigenvalue weighted by Crippen LogP contribution is 2.61. The monoisotopic (exact) mass is 596 g/mol. The van der Waals surface area contributed by atoms with Gasteiger partial charge in [0.1, 0.15) is 11.2 Å². The zero-order valence-corrected chi connectivity index (χ0v) is 25.2. The largest absolute Gasteiger partial charge is 0.455 e. The number of hydrogen-bond acceptors (Lipinski definition) is 2. The van der Waals surface area contributed by atoms with Gasteiger partial charge in [-0.3, -0.25) is 0 Å². The summed E-state index contributed by atoms with van der Waals surface area (Å²) < 4.78 is 9.13. The maximum absolute atomic E-state index is 9.43. The highest BCUT2D eigenvalue weighted by molar-refractivity contribution is 6.25. The van der Waals surface area contributed by atoms with Crippen molar-refractivity contribution in [1.29, 1.82) is 5.26 Å². The van der Waals surface area contributed by atoms with Gasteiger partial charge in [0.25, 0.3) is 0 Å². The van der Waals surface area contributed by atoms with Crippen molar-refractivity contribution < 1.29 is 4.42 Å². The molecular weight excluding hydrogens is 572 g/mol. The van der Waals surface area contributed by atoms with Gasteiger partial charge in [0.05, 0.1) is 39.2 Å². The van der Waals surface area contributed by atoms with Crippen LogP contribution in [-0.2, 0) is 5.41 Å². The van der Waals surface area contributed by atoms with Gasteiger partial charge in [0, 0.05) is 16.2 Å². The molecule has 1 unspecified atom stereocenters. The number of nitrogens with zero attached hydrogens (tertiary/aromatic N) is 2. The van der Waals surface area contributed by atoms with Gasteiger partial charge < -0.3 is 8.98 Å². The van der Waals surface area contributed by atoms with Crippen molar-refractivity contribution in [2.45, 2.75) is 5.41 Å². The van der Waals surface area contributed by atoms with E-state index in [9.17, 15) is 5.26 Å². The molecule has 1 aliphatic carbocycles. The molecular formula is C44H24N2O. The van der Waals surface area contributed by atoms with Crippen LogP contribution in [0.1, 0.15) is 27.8 Å². The molecule has 2 aliphatic rings. The van der Waals surface area contributed by atoms with E-state index in [0.717, 1.165) is 44.0 Å². The Bertz CT molecular complexity index is 2860. The summed E-state index contributed by atoms with van der Waals surface area (Å²) in [7, 11) is 0. The molecule has 1 atom stereocenters.